The van der Waals surface area contributed by atoms with E-state index in [1.54, 1.807) is 0 Å². The Morgan fingerprint density at radius 1 is 1.03 bits per heavy atom. The van der Waals surface area contributed by atoms with Gasteiger partial charge in [-0.15, -0.1) is 0 Å². The summed E-state index contributed by atoms with van der Waals surface area (Å²) in [4.78, 5) is 20.0. The normalized spacial score (nSPS) is 20.9. The number of likely N-dealkylation sites (tertiary alicyclic amines) is 1. The van der Waals surface area contributed by atoms with E-state index in [0.29, 0.717) is 12.1 Å². The van der Waals surface area contributed by atoms with Gasteiger partial charge >= 0.3 is 0 Å². The lowest BCUT2D eigenvalue weighted by Gasteiger charge is -2.41. The Balaban J connectivity index is 1.19. The van der Waals surface area contributed by atoms with E-state index in [1.807, 2.05) is 55.5 Å². The molecular formula is C28H34N4O. The average Bonchev–Trinajstić information content (AvgIpc) is 2.84. The van der Waals surface area contributed by atoms with Gasteiger partial charge in [0.05, 0.1) is 5.52 Å². The summed E-state index contributed by atoms with van der Waals surface area (Å²) in [6.45, 7) is 6.02. The number of hydrogen-bond donors (Lipinski definition) is 2. The van der Waals surface area contributed by atoms with Crippen molar-refractivity contribution >= 4 is 28.2 Å². The van der Waals surface area contributed by atoms with Gasteiger partial charge in [-0.2, -0.15) is 0 Å². The number of aryl methyl sites for hydroxylation is 1. The van der Waals surface area contributed by atoms with Crippen LogP contribution in [0.3, 0.4) is 0 Å². The van der Waals surface area contributed by atoms with E-state index >= 15 is 0 Å². The molecule has 0 spiro atoms. The number of para-hydroxylation sites is 1. The number of carbonyl (C=O) groups is 1. The molecule has 5 rings (SSSR count). The molecule has 1 aliphatic heterocycles. The number of anilines is 2. The fourth-order valence-corrected chi connectivity index (χ4v) is 5.61. The first-order valence-corrected chi connectivity index (χ1v) is 12.4. The van der Waals surface area contributed by atoms with E-state index < -0.39 is 0 Å². The Kier molecular flexibility index (Phi) is 6.58. The maximum absolute atomic E-state index is 12.8. The monoisotopic (exact) mass is 442 g/mol. The zero-order valence-electron chi connectivity index (χ0n) is 19.5. The minimum Gasteiger partial charge on any atom is -0.355 e. The molecule has 2 atom stereocenters. The minimum atomic E-state index is -0.0121. The van der Waals surface area contributed by atoms with Crippen molar-refractivity contribution in [2.24, 2.45) is 11.8 Å². The molecule has 33 heavy (non-hydrogen) atoms. The Bertz CT molecular complexity index is 1130. The molecule has 5 heteroatoms. The van der Waals surface area contributed by atoms with Crippen molar-refractivity contribution in [3.05, 3.63) is 65.9 Å². The summed E-state index contributed by atoms with van der Waals surface area (Å²) in [5, 5.41) is 7.69. The van der Waals surface area contributed by atoms with E-state index in [9.17, 15) is 4.79 Å². The van der Waals surface area contributed by atoms with Gasteiger partial charge in [0.2, 0.25) is 0 Å². The number of amides is 1. The van der Waals surface area contributed by atoms with Gasteiger partial charge in [-0.1, -0.05) is 43.5 Å². The van der Waals surface area contributed by atoms with E-state index in [0.717, 1.165) is 46.4 Å². The molecule has 1 saturated heterocycles. The van der Waals surface area contributed by atoms with Crippen LogP contribution >= 0.6 is 0 Å². The Hall–Kier alpha value is -2.92. The van der Waals surface area contributed by atoms with Gasteiger partial charge in [0.1, 0.15) is 0 Å². The van der Waals surface area contributed by atoms with Crippen LogP contribution < -0.4 is 10.6 Å². The predicted octanol–water partition coefficient (Wildman–Crippen LogP) is 5.53. The van der Waals surface area contributed by atoms with Crippen LogP contribution in [-0.4, -0.2) is 42.0 Å². The summed E-state index contributed by atoms with van der Waals surface area (Å²) in [5.74, 6) is 1.81. The van der Waals surface area contributed by atoms with Crippen LogP contribution in [0, 0.1) is 18.8 Å². The van der Waals surface area contributed by atoms with Gasteiger partial charge in [0.15, 0.2) is 0 Å². The summed E-state index contributed by atoms with van der Waals surface area (Å²) in [5.41, 5.74) is 4.51. The van der Waals surface area contributed by atoms with Crippen molar-refractivity contribution in [3.8, 4) is 0 Å². The predicted molar refractivity (Wildman–Crippen MR) is 135 cm³/mol. The number of carbonyl (C=O) groups excluding carboxylic acids is 1. The van der Waals surface area contributed by atoms with Crippen molar-refractivity contribution in [3.63, 3.8) is 0 Å². The fraction of sp³-hybridized carbons (Fsp3) is 0.429. The molecule has 2 fully saturated rings. The first-order chi connectivity index (χ1) is 16.2. The Labute approximate surface area is 196 Å². The van der Waals surface area contributed by atoms with Crippen molar-refractivity contribution in [2.75, 3.05) is 31.5 Å². The minimum absolute atomic E-state index is 0.0121. The molecule has 1 aliphatic carbocycles. The number of pyridine rings is 1. The average molecular weight is 443 g/mol. The zero-order chi connectivity index (χ0) is 22.6. The van der Waals surface area contributed by atoms with Gasteiger partial charge in [-0.3, -0.25) is 9.78 Å². The lowest BCUT2D eigenvalue weighted by atomic mass is 9.75. The van der Waals surface area contributed by atoms with Crippen LogP contribution in [0.5, 0.6) is 0 Å². The number of nitrogens with zero attached hydrogens (tertiary/aromatic N) is 2. The molecule has 0 bridgehead atoms. The van der Waals surface area contributed by atoms with Crippen molar-refractivity contribution in [1.82, 2.24) is 15.2 Å². The highest BCUT2D eigenvalue weighted by molar-refractivity contribution is 5.96. The standard InChI is InChI=1S/C28H34N4O/c1-20-17-27(25-11-4-5-12-26(25)30-20)31-24-10-6-9-22(18-24)28(33)29-14-16-32-15-13-21-7-2-3-8-23(21)19-32/h4-6,9-12,17-18,21,23H,2-3,7-8,13-16,19H2,1H3,(H,29,33)(H,30,31)/t21-,23-/m1/s1. The second kappa shape index (κ2) is 9.92. The molecule has 2 aliphatic rings. The van der Waals surface area contributed by atoms with Crippen LogP contribution in [0.2, 0.25) is 0 Å². The lowest BCUT2D eigenvalue weighted by molar-refractivity contribution is 0.0833. The summed E-state index contributed by atoms with van der Waals surface area (Å²) in [6, 6.07) is 17.9. The van der Waals surface area contributed by atoms with Crippen LogP contribution in [0.4, 0.5) is 11.4 Å². The van der Waals surface area contributed by atoms with Crippen LogP contribution in [-0.2, 0) is 0 Å². The first-order valence-electron chi connectivity index (χ1n) is 12.4. The molecule has 172 valence electrons. The van der Waals surface area contributed by atoms with Gasteiger partial charge in [0, 0.05) is 47.7 Å². The fourth-order valence-electron chi connectivity index (χ4n) is 5.61. The lowest BCUT2D eigenvalue weighted by Crippen LogP contribution is -2.44. The van der Waals surface area contributed by atoms with Crippen molar-refractivity contribution in [1.29, 1.82) is 0 Å². The van der Waals surface area contributed by atoms with Gasteiger partial charge in [-0.05, 0) is 68.5 Å². The Morgan fingerprint density at radius 2 is 1.88 bits per heavy atom. The summed E-state index contributed by atoms with van der Waals surface area (Å²) < 4.78 is 0. The third kappa shape index (κ3) is 5.19. The van der Waals surface area contributed by atoms with E-state index in [-0.39, 0.29) is 5.91 Å². The highest BCUT2D eigenvalue weighted by Crippen LogP contribution is 2.35. The van der Waals surface area contributed by atoms with Gasteiger partial charge in [-0.25, -0.2) is 0 Å². The van der Waals surface area contributed by atoms with Crippen LogP contribution in [0.15, 0.2) is 54.6 Å². The summed E-state index contributed by atoms with van der Waals surface area (Å²) in [6.07, 6.45) is 6.96. The topological polar surface area (TPSA) is 57.3 Å². The number of fused-ring (bicyclic) bond motifs is 2. The highest BCUT2D eigenvalue weighted by Gasteiger charge is 2.30. The smallest absolute Gasteiger partial charge is 0.251 e. The first kappa shape index (κ1) is 21.9. The molecule has 3 aromatic rings. The van der Waals surface area contributed by atoms with Crippen molar-refractivity contribution < 1.29 is 4.79 Å². The third-order valence-electron chi connectivity index (χ3n) is 7.34. The van der Waals surface area contributed by atoms with Crippen LogP contribution in [0.25, 0.3) is 10.9 Å². The largest absolute Gasteiger partial charge is 0.355 e. The molecule has 2 heterocycles. The molecule has 1 aromatic heterocycles. The summed E-state index contributed by atoms with van der Waals surface area (Å²) >= 11 is 0. The van der Waals surface area contributed by atoms with E-state index in [1.165, 1.54) is 45.2 Å². The maximum atomic E-state index is 12.8. The molecular weight excluding hydrogens is 408 g/mol. The maximum Gasteiger partial charge on any atom is 0.251 e. The SMILES string of the molecule is Cc1cc(Nc2cccc(C(=O)NCCN3CC[C@H]4CCCC[C@@H]4C3)c2)c2ccccc2n1. The van der Waals surface area contributed by atoms with E-state index in [4.69, 9.17) is 0 Å². The number of piperidine rings is 1. The number of rotatable bonds is 6. The molecule has 5 nitrogen and oxygen atoms in total. The van der Waals surface area contributed by atoms with Gasteiger partial charge < -0.3 is 15.5 Å². The molecule has 2 aromatic carbocycles. The zero-order valence-corrected chi connectivity index (χ0v) is 19.5. The second-order valence-electron chi connectivity index (χ2n) is 9.68. The molecule has 0 radical (unpaired) electrons. The number of hydrogen-bond acceptors (Lipinski definition) is 4. The Morgan fingerprint density at radius 3 is 2.79 bits per heavy atom. The van der Waals surface area contributed by atoms with Crippen LogP contribution in [0.1, 0.15) is 48.2 Å². The highest BCUT2D eigenvalue weighted by atomic mass is 16.1. The number of nitrogens with one attached hydrogen (secondary N) is 2. The van der Waals surface area contributed by atoms with Crippen molar-refractivity contribution in [2.45, 2.75) is 39.0 Å². The number of benzene rings is 2. The summed E-state index contributed by atoms with van der Waals surface area (Å²) in [7, 11) is 0. The molecule has 1 saturated carbocycles. The molecule has 2 N–H and O–H groups in total. The van der Waals surface area contributed by atoms with E-state index in [2.05, 4.69) is 26.6 Å². The molecule has 1 amide bonds. The second-order valence-corrected chi connectivity index (χ2v) is 9.68. The number of aromatic nitrogens is 1. The van der Waals surface area contributed by atoms with Gasteiger partial charge in [0.25, 0.3) is 5.91 Å². The quantitative estimate of drug-likeness (QED) is 0.527. The third-order valence-corrected chi connectivity index (χ3v) is 7.34. The molecule has 0 unspecified atom stereocenters.